The number of para-hydroxylation sites is 1. The van der Waals surface area contributed by atoms with Gasteiger partial charge in [-0.25, -0.2) is 4.68 Å². The highest BCUT2D eigenvalue weighted by Gasteiger charge is 2.10. The molecule has 0 spiro atoms. The molecular weight excluding hydrogens is 334 g/mol. The lowest BCUT2D eigenvalue weighted by atomic mass is 10.1. The van der Waals surface area contributed by atoms with Gasteiger partial charge in [-0.2, -0.15) is 0 Å². The standard InChI is InChI=1S/C19H17N3O4/c1-25-17-8-6-14(7-9-17)18(24)11-22-10-16(20-21-22)13-26-19-5-3-2-4-15(19)12-23/h2-10,12H,11,13H2,1H3. The Labute approximate surface area is 150 Å². The van der Waals surface area contributed by atoms with Crippen LogP contribution in [0.1, 0.15) is 26.4 Å². The highest BCUT2D eigenvalue weighted by Crippen LogP contribution is 2.17. The summed E-state index contributed by atoms with van der Waals surface area (Å²) in [4.78, 5) is 23.3. The minimum Gasteiger partial charge on any atom is -0.497 e. The fraction of sp³-hybridized carbons (Fsp3) is 0.158. The van der Waals surface area contributed by atoms with Crippen LogP contribution in [0, 0.1) is 0 Å². The highest BCUT2D eigenvalue weighted by molar-refractivity contribution is 5.95. The summed E-state index contributed by atoms with van der Waals surface area (Å²) in [5.74, 6) is 1.08. The van der Waals surface area contributed by atoms with Crippen molar-refractivity contribution in [1.82, 2.24) is 15.0 Å². The quantitative estimate of drug-likeness (QED) is 0.458. The zero-order valence-corrected chi connectivity index (χ0v) is 14.2. The lowest BCUT2D eigenvalue weighted by molar-refractivity contribution is 0.0966. The third-order valence-electron chi connectivity index (χ3n) is 3.73. The number of aromatic nitrogens is 3. The largest absolute Gasteiger partial charge is 0.497 e. The summed E-state index contributed by atoms with van der Waals surface area (Å²) in [6.45, 7) is 0.228. The third-order valence-corrected chi connectivity index (χ3v) is 3.73. The molecule has 0 bridgehead atoms. The van der Waals surface area contributed by atoms with Crippen molar-refractivity contribution < 1.29 is 19.1 Å². The van der Waals surface area contributed by atoms with Crippen LogP contribution in [-0.2, 0) is 13.2 Å². The molecule has 1 heterocycles. The molecule has 0 aliphatic rings. The number of rotatable bonds is 8. The SMILES string of the molecule is COc1ccc(C(=O)Cn2cc(COc3ccccc3C=O)nn2)cc1. The van der Waals surface area contributed by atoms with E-state index in [0.717, 1.165) is 6.29 Å². The first kappa shape index (κ1) is 17.3. The number of aldehydes is 1. The minimum absolute atomic E-state index is 0.0737. The van der Waals surface area contributed by atoms with Crippen LogP contribution >= 0.6 is 0 Å². The monoisotopic (exact) mass is 351 g/mol. The first-order chi connectivity index (χ1) is 12.7. The molecule has 7 heteroatoms. The van der Waals surface area contributed by atoms with Crippen molar-refractivity contribution >= 4 is 12.1 Å². The average Bonchev–Trinajstić information content (AvgIpc) is 3.14. The molecule has 132 valence electrons. The van der Waals surface area contributed by atoms with Gasteiger partial charge >= 0.3 is 0 Å². The van der Waals surface area contributed by atoms with Crippen LogP contribution in [0.5, 0.6) is 11.5 Å². The van der Waals surface area contributed by atoms with Crippen molar-refractivity contribution in [2.24, 2.45) is 0 Å². The van der Waals surface area contributed by atoms with Gasteiger partial charge in [-0.1, -0.05) is 17.3 Å². The van der Waals surface area contributed by atoms with Gasteiger partial charge in [-0.15, -0.1) is 5.10 Å². The summed E-state index contributed by atoms with van der Waals surface area (Å²) < 4.78 is 12.1. The number of ketones is 1. The third kappa shape index (κ3) is 4.13. The molecule has 7 nitrogen and oxygen atoms in total. The molecule has 0 aliphatic heterocycles. The lowest BCUT2D eigenvalue weighted by Crippen LogP contribution is -2.11. The van der Waals surface area contributed by atoms with Crippen molar-refractivity contribution in [3.63, 3.8) is 0 Å². The molecule has 0 amide bonds. The van der Waals surface area contributed by atoms with Crippen molar-refractivity contribution in [2.75, 3.05) is 7.11 Å². The zero-order chi connectivity index (χ0) is 18.4. The van der Waals surface area contributed by atoms with Gasteiger partial charge in [-0.3, -0.25) is 9.59 Å². The van der Waals surface area contributed by atoms with Crippen molar-refractivity contribution in [3.05, 3.63) is 71.5 Å². The fourth-order valence-corrected chi connectivity index (χ4v) is 2.36. The Kier molecular flexibility index (Phi) is 5.38. The maximum absolute atomic E-state index is 12.3. The Morgan fingerprint density at radius 1 is 1.15 bits per heavy atom. The molecular formula is C19H17N3O4. The van der Waals surface area contributed by atoms with E-state index < -0.39 is 0 Å². The van der Waals surface area contributed by atoms with Gasteiger partial charge in [0.15, 0.2) is 12.1 Å². The van der Waals surface area contributed by atoms with E-state index in [-0.39, 0.29) is 18.9 Å². The second-order valence-corrected chi connectivity index (χ2v) is 5.50. The Balaban J connectivity index is 1.60. The Hall–Kier alpha value is -3.48. The van der Waals surface area contributed by atoms with E-state index in [2.05, 4.69) is 10.3 Å². The van der Waals surface area contributed by atoms with Crippen LogP contribution in [0.2, 0.25) is 0 Å². The van der Waals surface area contributed by atoms with Gasteiger partial charge in [0.25, 0.3) is 0 Å². The normalized spacial score (nSPS) is 10.3. The van der Waals surface area contributed by atoms with Gasteiger partial charge in [0.2, 0.25) is 0 Å². The number of Topliss-reactive ketones (excluding diaryl/α,β-unsaturated/α-hetero) is 1. The molecule has 0 saturated heterocycles. The number of carbonyl (C=O) groups excluding carboxylic acids is 2. The second-order valence-electron chi connectivity index (χ2n) is 5.50. The summed E-state index contributed by atoms with van der Waals surface area (Å²) in [6.07, 6.45) is 2.38. The summed E-state index contributed by atoms with van der Waals surface area (Å²) >= 11 is 0. The van der Waals surface area contributed by atoms with Gasteiger partial charge in [-0.05, 0) is 36.4 Å². The van der Waals surface area contributed by atoms with E-state index in [0.29, 0.717) is 28.3 Å². The van der Waals surface area contributed by atoms with Crippen LogP contribution in [0.25, 0.3) is 0 Å². The summed E-state index contributed by atoms with van der Waals surface area (Å²) in [5.41, 5.74) is 1.60. The summed E-state index contributed by atoms with van der Waals surface area (Å²) in [7, 11) is 1.57. The van der Waals surface area contributed by atoms with E-state index in [4.69, 9.17) is 9.47 Å². The molecule has 0 fully saturated rings. The number of methoxy groups -OCH3 is 1. The first-order valence-electron chi connectivity index (χ1n) is 7.93. The maximum atomic E-state index is 12.3. The molecule has 1 aromatic heterocycles. The van der Waals surface area contributed by atoms with E-state index >= 15 is 0 Å². The Bertz CT molecular complexity index is 903. The zero-order valence-electron chi connectivity index (χ0n) is 14.2. The molecule has 0 N–H and O–H groups in total. The number of carbonyl (C=O) groups is 2. The number of hydrogen-bond donors (Lipinski definition) is 0. The van der Waals surface area contributed by atoms with Crippen LogP contribution in [0.3, 0.4) is 0 Å². The van der Waals surface area contributed by atoms with Crippen molar-refractivity contribution in [3.8, 4) is 11.5 Å². The Morgan fingerprint density at radius 3 is 2.65 bits per heavy atom. The molecule has 0 unspecified atom stereocenters. The van der Waals surface area contributed by atoms with E-state index in [9.17, 15) is 9.59 Å². The van der Waals surface area contributed by atoms with Crippen molar-refractivity contribution in [2.45, 2.75) is 13.2 Å². The van der Waals surface area contributed by atoms with E-state index in [1.165, 1.54) is 4.68 Å². The molecule has 26 heavy (non-hydrogen) atoms. The van der Waals surface area contributed by atoms with Gasteiger partial charge in [0, 0.05) is 5.56 Å². The molecule has 2 aromatic carbocycles. The van der Waals surface area contributed by atoms with Crippen LogP contribution in [0.15, 0.2) is 54.7 Å². The fourth-order valence-electron chi connectivity index (χ4n) is 2.36. The number of benzene rings is 2. The van der Waals surface area contributed by atoms with E-state index in [1.807, 2.05) is 0 Å². The van der Waals surface area contributed by atoms with Gasteiger partial charge in [0.1, 0.15) is 30.3 Å². The maximum Gasteiger partial charge on any atom is 0.184 e. The topological polar surface area (TPSA) is 83.3 Å². The molecule has 0 saturated carbocycles. The van der Waals surface area contributed by atoms with E-state index in [1.54, 1.807) is 61.8 Å². The smallest absolute Gasteiger partial charge is 0.184 e. The van der Waals surface area contributed by atoms with Gasteiger partial charge < -0.3 is 9.47 Å². The molecule has 0 radical (unpaired) electrons. The van der Waals surface area contributed by atoms with Crippen LogP contribution < -0.4 is 9.47 Å². The lowest BCUT2D eigenvalue weighted by Gasteiger charge is -2.05. The predicted octanol–water partition coefficient (Wildman–Crippen LogP) is 2.56. The van der Waals surface area contributed by atoms with Crippen LogP contribution in [-0.4, -0.2) is 34.2 Å². The number of hydrogen-bond acceptors (Lipinski definition) is 6. The minimum atomic E-state index is -0.0867. The molecule has 0 aliphatic carbocycles. The molecule has 3 aromatic rings. The number of ether oxygens (including phenoxy) is 2. The highest BCUT2D eigenvalue weighted by atomic mass is 16.5. The van der Waals surface area contributed by atoms with Gasteiger partial charge in [0.05, 0.1) is 18.9 Å². The van der Waals surface area contributed by atoms with Crippen LogP contribution in [0.4, 0.5) is 0 Å². The first-order valence-corrected chi connectivity index (χ1v) is 7.93. The predicted molar refractivity (Wildman–Crippen MR) is 93.5 cm³/mol. The molecule has 0 atom stereocenters. The molecule has 3 rings (SSSR count). The summed E-state index contributed by atoms with van der Waals surface area (Å²) in [5, 5.41) is 7.93. The average molecular weight is 351 g/mol. The Morgan fingerprint density at radius 2 is 1.92 bits per heavy atom. The number of nitrogens with zero attached hydrogens (tertiary/aromatic N) is 3. The van der Waals surface area contributed by atoms with Crippen molar-refractivity contribution in [1.29, 1.82) is 0 Å². The summed E-state index contributed by atoms with van der Waals surface area (Å²) in [6, 6.07) is 13.8. The second kappa shape index (κ2) is 8.06.